The molecule has 2 aromatic carbocycles. The molecule has 0 spiro atoms. The van der Waals surface area contributed by atoms with E-state index in [2.05, 4.69) is 15.3 Å². The van der Waals surface area contributed by atoms with Gasteiger partial charge in [0.25, 0.3) is 5.56 Å². The molecule has 0 amide bonds. The fraction of sp³-hybridized carbons (Fsp3) is 0.316. The van der Waals surface area contributed by atoms with Crippen LogP contribution in [0.3, 0.4) is 0 Å². The molecule has 1 aliphatic rings. The van der Waals surface area contributed by atoms with Crippen molar-refractivity contribution in [3.63, 3.8) is 0 Å². The number of hydrogen-bond acceptors (Lipinski definition) is 8. The van der Waals surface area contributed by atoms with Gasteiger partial charge in [-0.2, -0.15) is 0 Å². The molecular formula is C38H39F2N7O4. The van der Waals surface area contributed by atoms with E-state index >= 15 is 0 Å². The fourth-order valence-corrected chi connectivity index (χ4v) is 7.24. The number of nitrogens with zero attached hydrogens (tertiary/aromatic N) is 6. The lowest BCUT2D eigenvalue weighted by atomic mass is 9.91. The average Bonchev–Trinajstić information content (AvgIpc) is 3.50. The van der Waals surface area contributed by atoms with E-state index < -0.39 is 29.2 Å². The average molecular weight is 696 g/mol. The van der Waals surface area contributed by atoms with Gasteiger partial charge in [0.1, 0.15) is 23.0 Å². The summed E-state index contributed by atoms with van der Waals surface area (Å²) in [6, 6.07) is 16.2. The predicted molar refractivity (Wildman–Crippen MR) is 190 cm³/mol. The van der Waals surface area contributed by atoms with Crippen molar-refractivity contribution < 1.29 is 19.0 Å². The van der Waals surface area contributed by atoms with Crippen molar-refractivity contribution in [2.24, 2.45) is 0 Å². The summed E-state index contributed by atoms with van der Waals surface area (Å²) in [5.41, 5.74) is 3.21. The van der Waals surface area contributed by atoms with Crippen molar-refractivity contribution in [3.8, 4) is 22.6 Å². The first-order chi connectivity index (χ1) is 24.5. The number of imidazole rings is 1. The Morgan fingerprint density at radius 2 is 1.80 bits per heavy atom. The van der Waals surface area contributed by atoms with Crippen molar-refractivity contribution in [1.29, 1.82) is 0 Å². The Labute approximate surface area is 292 Å². The van der Waals surface area contributed by atoms with Gasteiger partial charge < -0.3 is 19.9 Å². The molecule has 0 radical (unpaired) electrons. The second-order valence-electron chi connectivity index (χ2n) is 13.5. The third-order valence-corrected chi connectivity index (χ3v) is 9.51. The summed E-state index contributed by atoms with van der Waals surface area (Å²) < 4.78 is 32.5. The van der Waals surface area contributed by atoms with E-state index in [1.807, 2.05) is 24.1 Å². The highest BCUT2D eigenvalue weighted by molar-refractivity contribution is 5.77. The number of phenols is 1. The highest BCUT2D eigenvalue weighted by Crippen LogP contribution is 2.31. The summed E-state index contributed by atoms with van der Waals surface area (Å²) in [6.07, 6.45) is 6.12. The molecule has 1 saturated carbocycles. The summed E-state index contributed by atoms with van der Waals surface area (Å²) >= 11 is 0. The van der Waals surface area contributed by atoms with Gasteiger partial charge in [-0.15, -0.1) is 0 Å². The summed E-state index contributed by atoms with van der Waals surface area (Å²) in [4.78, 5) is 39.0. The molecule has 3 N–H and O–H groups in total. The molecule has 4 aromatic heterocycles. The van der Waals surface area contributed by atoms with Gasteiger partial charge in [0, 0.05) is 44.1 Å². The first-order valence-electron chi connectivity index (χ1n) is 17.0. The van der Waals surface area contributed by atoms with Crippen LogP contribution >= 0.6 is 0 Å². The zero-order valence-electron chi connectivity index (χ0n) is 28.3. The number of pyridine rings is 2. The molecular weight excluding hydrogens is 656 g/mol. The number of halogens is 2. The molecule has 0 bridgehead atoms. The van der Waals surface area contributed by atoms with Crippen LogP contribution < -0.4 is 16.6 Å². The highest BCUT2D eigenvalue weighted by Gasteiger charge is 2.27. The fourth-order valence-electron chi connectivity index (χ4n) is 7.24. The number of phenolic OH excluding ortho intramolecular Hbond substituents is 1. The van der Waals surface area contributed by atoms with Crippen molar-refractivity contribution in [2.75, 3.05) is 13.6 Å². The molecule has 1 atom stereocenters. The van der Waals surface area contributed by atoms with E-state index in [4.69, 9.17) is 0 Å². The molecule has 7 rings (SSSR count). The molecule has 13 heteroatoms. The number of aliphatic hydroxyl groups excluding tert-OH is 1. The van der Waals surface area contributed by atoms with Crippen LogP contribution in [-0.2, 0) is 13.1 Å². The van der Waals surface area contributed by atoms with Gasteiger partial charge >= 0.3 is 5.69 Å². The monoisotopic (exact) mass is 695 g/mol. The quantitative estimate of drug-likeness (QED) is 0.184. The van der Waals surface area contributed by atoms with Crippen molar-refractivity contribution in [3.05, 3.63) is 123 Å². The van der Waals surface area contributed by atoms with E-state index in [9.17, 15) is 28.6 Å². The van der Waals surface area contributed by atoms with Gasteiger partial charge in [-0.25, -0.2) is 28.1 Å². The van der Waals surface area contributed by atoms with Gasteiger partial charge in [-0.05, 0) is 98.8 Å². The second-order valence-corrected chi connectivity index (χ2v) is 13.5. The SMILES string of the molecule is C[C@@H](O)CN(C)Cc1cc(O)ccc1-c1cccc(-n2c(=O)n(C3CCC(NCc4cn5cc(F)ccc5n4)CC3)c(=O)c3cc(F)cnc32)c1. The molecule has 264 valence electrons. The van der Waals surface area contributed by atoms with Crippen LogP contribution in [0.2, 0.25) is 0 Å². The lowest BCUT2D eigenvalue weighted by molar-refractivity contribution is 0.138. The number of fused-ring (bicyclic) bond motifs is 2. The van der Waals surface area contributed by atoms with Crippen molar-refractivity contribution in [1.82, 2.24) is 33.7 Å². The third kappa shape index (κ3) is 7.18. The number of aromatic nitrogens is 5. The van der Waals surface area contributed by atoms with Crippen LogP contribution in [0.5, 0.6) is 5.75 Å². The van der Waals surface area contributed by atoms with E-state index in [1.54, 1.807) is 53.9 Å². The van der Waals surface area contributed by atoms with Gasteiger partial charge in [-0.3, -0.25) is 14.3 Å². The molecule has 0 unspecified atom stereocenters. The molecule has 0 saturated heterocycles. The summed E-state index contributed by atoms with van der Waals surface area (Å²) in [7, 11) is 1.88. The molecule has 6 aromatic rings. The maximum atomic E-state index is 14.6. The zero-order valence-corrected chi connectivity index (χ0v) is 28.3. The minimum absolute atomic E-state index is 0.00797. The minimum Gasteiger partial charge on any atom is -0.508 e. The topological polar surface area (TPSA) is 130 Å². The zero-order chi connectivity index (χ0) is 35.8. The Kier molecular flexibility index (Phi) is 9.51. The van der Waals surface area contributed by atoms with Crippen molar-refractivity contribution >= 4 is 16.7 Å². The number of likely N-dealkylation sites (N-methyl/N-ethyl adjacent to an activating group) is 1. The second kappa shape index (κ2) is 14.2. The predicted octanol–water partition coefficient (Wildman–Crippen LogP) is 4.93. The maximum absolute atomic E-state index is 14.6. The lowest BCUT2D eigenvalue weighted by Crippen LogP contribution is -2.44. The lowest BCUT2D eigenvalue weighted by Gasteiger charge is -2.30. The smallest absolute Gasteiger partial charge is 0.337 e. The number of nitrogens with one attached hydrogen (secondary N) is 1. The Balaban J connectivity index is 1.19. The minimum atomic E-state index is -0.678. The van der Waals surface area contributed by atoms with E-state index in [-0.39, 0.29) is 28.6 Å². The molecule has 1 fully saturated rings. The Morgan fingerprint density at radius 1 is 1.00 bits per heavy atom. The van der Waals surface area contributed by atoms with Crippen molar-refractivity contribution in [2.45, 2.75) is 63.9 Å². The van der Waals surface area contributed by atoms with Crippen LogP contribution in [0.15, 0.2) is 88.8 Å². The highest BCUT2D eigenvalue weighted by atomic mass is 19.1. The van der Waals surface area contributed by atoms with Crippen LogP contribution in [-0.4, -0.2) is 64.4 Å². The summed E-state index contributed by atoms with van der Waals surface area (Å²) in [5, 5.41) is 23.7. The van der Waals surface area contributed by atoms with E-state index in [0.717, 1.165) is 34.6 Å². The maximum Gasteiger partial charge on any atom is 0.337 e. The van der Waals surface area contributed by atoms with E-state index in [0.29, 0.717) is 56.7 Å². The number of benzene rings is 2. The Hall–Kier alpha value is -5.24. The first kappa shape index (κ1) is 34.2. The van der Waals surface area contributed by atoms with Crippen LogP contribution in [0.1, 0.15) is 49.9 Å². The Morgan fingerprint density at radius 3 is 2.59 bits per heavy atom. The summed E-state index contributed by atoms with van der Waals surface area (Å²) in [5.74, 6) is -0.915. The number of rotatable bonds is 10. The number of aromatic hydroxyl groups is 1. The van der Waals surface area contributed by atoms with Crippen LogP contribution in [0.4, 0.5) is 8.78 Å². The summed E-state index contributed by atoms with van der Waals surface area (Å²) in [6.45, 7) is 3.08. The van der Waals surface area contributed by atoms with Crippen LogP contribution in [0, 0.1) is 11.6 Å². The molecule has 11 nitrogen and oxygen atoms in total. The largest absolute Gasteiger partial charge is 0.508 e. The normalized spacial score (nSPS) is 17.1. The first-order valence-corrected chi connectivity index (χ1v) is 17.0. The van der Waals surface area contributed by atoms with Gasteiger partial charge in [0.05, 0.1) is 29.1 Å². The Bertz CT molecular complexity index is 2340. The molecule has 0 aliphatic heterocycles. The molecule has 4 heterocycles. The van der Waals surface area contributed by atoms with Gasteiger partial charge in [0.15, 0.2) is 5.65 Å². The van der Waals surface area contributed by atoms with E-state index in [1.165, 1.54) is 21.4 Å². The molecule has 1 aliphatic carbocycles. The van der Waals surface area contributed by atoms with Gasteiger partial charge in [-0.1, -0.05) is 18.2 Å². The third-order valence-electron chi connectivity index (χ3n) is 9.51. The van der Waals surface area contributed by atoms with Crippen LogP contribution in [0.25, 0.3) is 33.5 Å². The molecule has 51 heavy (non-hydrogen) atoms. The standard InChI is InChI=1S/C38H39F2N7O4/c1-23(48)19-44(2)20-25-15-32(49)11-12-33(25)24-4-3-5-31(14-24)46-36-34(16-27(40)17-42-36)37(50)47(38(46)51)30-9-7-28(8-10-30)41-18-29-22-45-21-26(39)6-13-35(45)43-29/h3-6,11-17,21-23,28,30,41,48-49H,7-10,18-20H2,1-2H3/t23-,28?,30?/m1/s1. The number of aliphatic hydroxyl groups is 1. The van der Waals surface area contributed by atoms with Gasteiger partial charge in [0.2, 0.25) is 0 Å². The number of hydrogen-bond donors (Lipinski definition) is 3.